The van der Waals surface area contributed by atoms with Crippen molar-refractivity contribution in [3.05, 3.63) is 24.3 Å². The number of fused-ring (bicyclic) bond motifs is 1. The molecule has 0 aromatic heterocycles. The molecule has 6 rings (SSSR count). The van der Waals surface area contributed by atoms with E-state index < -0.39 is 6.10 Å². The van der Waals surface area contributed by atoms with Gasteiger partial charge in [0.25, 0.3) is 5.91 Å². The highest BCUT2D eigenvalue weighted by Crippen LogP contribution is 2.60. The highest BCUT2D eigenvalue weighted by atomic mass is 16.5. The molecule has 4 bridgehead atoms. The minimum atomic E-state index is -0.727. The van der Waals surface area contributed by atoms with Crippen LogP contribution in [0.25, 0.3) is 0 Å². The summed E-state index contributed by atoms with van der Waals surface area (Å²) in [6.07, 6.45) is 7.28. The normalized spacial score (nSPS) is 32.1. The largest absolute Gasteiger partial charge is 0.477 e. The van der Waals surface area contributed by atoms with Gasteiger partial charge in [0.1, 0.15) is 5.75 Å². The van der Waals surface area contributed by atoms with Gasteiger partial charge in [-0.2, -0.15) is 0 Å². The lowest BCUT2D eigenvalue weighted by atomic mass is 9.49. The number of carbonyl (C=O) groups is 3. The Labute approximate surface area is 189 Å². The molecule has 0 saturated heterocycles. The maximum atomic E-state index is 13.1. The van der Waals surface area contributed by atoms with Crippen molar-refractivity contribution in [1.82, 2.24) is 10.6 Å². The van der Waals surface area contributed by atoms with Crippen molar-refractivity contribution >= 4 is 23.4 Å². The molecule has 1 heterocycles. The summed E-state index contributed by atoms with van der Waals surface area (Å²) in [6.45, 7) is 0.701. The van der Waals surface area contributed by atoms with Crippen LogP contribution in [0.5, 0.6) is 5.75 Å². The van der Waals surface area contributed by atoms with Crippen molar-refractivity contribution in [2.45, 2.75) is 57.5 Å². The summed E-state index contributed by atoms with van der Waals surface area (Å²) >= 11 is 0. The molecule has 1 aliphatic heterocycles. The molecule has 0 unspecified atom stereocenters. The van der Waals surface area contributed by atoms with Crippen LogP contribution in [0.4, 0.5) is 5.69 Å². The van der Waals surface area contributed by atoms with Crippen molar-refractivity contribution in [3.63, 3.8) is 0 Å². The molecule has 1 aromatic carbocycles. The maximum Gasteiger partial charge on any atom is 0.262 e. The summed E-state index contributed by atoms with van der Waals surface area (Å²) in [5.74, 6) is 2.66. The SMILES string of the molecule is CNC(=O)[C@H]1CN(C(=O)CCCNC(=O)C23CC4CC(CC(C4)C2)C3)c2ccccc2O1. The Hall–Kier alpha value is -2.57. The number of rotatable bonds is 6. The van der Waals surface area contributed by atoms with Crippen LogP contribution in [0.1, 0.15) is 51.4 Å². The van der Waals surface area contributed by atoms with Crippen LogP contribution in [-0.4, -0.2) is 44.0 Å². The average Bonchev–Trinajstić information content (AvgIpc) is 2.79. The van der Waals surface area contributed by atoms with Crippen molar-refractivity contribution < 1.29 is 19.1 Å². The molecule has 4 saturated carbocycles. The van der Waals surface area contributed by atoms with Gasteiger partial charge in [-0.15, -0.1) is 0 Å². The molecule has 7 nitrogen and oxygen atoms in total. The first-order valence-corrected chi connectivity index (χ1v) is 12.0. The molecule has 7 heteroatoms. The van der Waals surface area contributed by atoms with Crippen molar-refractivity contribution in [2.75, 3.05) is 25.0 Å². The zero-order valence-electron chi connectivity index (χ0n) is 18.8. The zero-order chi connectivity index (χ0) is 22.3. The summed E-state index contributed by atoms with van der Waals surface area (Å²) in [5, 5.41) is 5.75. The van der Waals surface area contributed by atoms with E-state index in [2.05, 4.69) is 10.6 Å². The van der Waals surface area contributed by atoms with Gasteiger partial charge >= 0.3 is 0 Å². The van der Waals surface area contributed by atoms with Gasteiger partial charge in [0.15, 0.2) is 6.10 Å². The summed E-state index contributed by atoms with van der Waals surface area (Å²) in [5.41, 5.74) is 0.540. The number of amides is 3. The van der Waals surface area contributed by atoms with Crippen LogP contribution in [0.2, 0.25) is 0 Å². The first-order valence-electron chi connectivity index (χ1n) is 12.0. The molecular formula is C25H33N3O4. The van der Waals surface area contributed by atoms with Crippen molar-refractivity contribution in [2.24, 2.45) is 23.2 Å². The first-order chi connectivity index (χ1) is 15.5. The fraction of sp³-hybridized carbons (Fsp3) is 0.640. The predicted molar refractivity (Wildman–Crippen MR) is 120 cm³/mol. The van der Waals surface area contributed by atoms with E-state index in [9.17, 15) is 14.4 Å². The lowest BCUT2D eigenvalue weighted by molar-refractivity contribution is -0.146. The van der Waals surface area contributed by atoms with Gasteiger partial charge in [-0.3, -0.25) is 14.4 Å². The minimum absolute atomic E-state index is 0.0568. The third-order valence-electron chi connectivity index (χ3n) is 7.99. The number of ether oxygens (including phenoxy) is 1. The standard InChI is InChI=1S/C25H33N3O4/c1-26-23(30)21-15-28(19-5-2-3-6-20(19)32-21)22(29)7-4-8-27-24(31)25-12-16-9-17(13-25)11-18(10-16)14-25/h2-3,5-6,16-18,21H,4,7-15H2,1H3,(H,26,30)(H,27,31)/t16?,17?,18?,21-,25?/m1/s1. The number of benzene rings is 1. The van der Waals surface area contributed by atoms with Crippen LogP contribution in [0.3, 0.4) is 0 Å². The van der Waals surface area contributed by atoms with Crippen LogP contribution in [-0.2, 0) is 14.4 Å². The van der Waals surface area contributed by atoms with E-state index in [4.69, 9.17) is 4.74 Å². The lowest BCUT2D eigenvalue weighted by Crippen LogP contribution is -2.53. The quantitative estimate of drug-likeness (QED) is 0.667. The van der Waals surface area contributed by atoms with Crippen LogP contribution >= 0.6 is 0 Å². The van der Waals surface area contributed by atoms with Crippen molar-refractivity contribution in [1.29, 1.82) is 0 Å². The van der Waals surface area contributed by atoms with Gasteiger partial charge in [-0.25, -0.2) is 0 Å². The fourth-order valence-corrected chi connectivity index (χ4v) is 6.92. The third kappa shape index (κ3) is 3.86. The average molecular weight is 440 g/mol. The van der Waals surface area contributed by atoms with Gasteiger partial charge in [0.2, 0.25) is 11.8 Å². The highest BCUT2D eigenvalue weighted by molar-refractivity contribution is 5.97. The number of para-hydroxylation sites is 2. The van der Waals surface area contributed by atoms with Gasteiger partial charge < -0.3 is 20.3 Å². The molecule has 2 N–H and O–H groups in total. The van der Waals surface area contributed by atoms with E-state index in [1.54, 1.807) is 18.0 Å². The molecule has 1 atom stereocenters. The van der Waals surface area contributed by atoms with Gasteiger partial charge in [-0.1, -0.05) is 12.1 Å². The Morgan fingerprint density at radius 2 is 1.72 bits per heavy atom. The van der Waals surface area contributed by atoms with Gasteiger partial charge in [0.05, 0.1) is 12.2 Å². The number of hydrogen-bond acceptors (Lipinski definition) is 4. The summed E-state index contributed by atoms with van der Waals surface area (Å²) < 4.78 is 5.78. The van der Waals surface area contributed by atoms with E-state index in [0.717, 1.165) is 37.0 Å². The number of hydrogen-bond donors (Lipinski definition) is 2. The zero-order valence-corrected chi connectivity index (χ0v) is 18.8. The van der Waals surface area contributed by atoms with E-state index in [-0.39, 0.29) is 29.7 Å². The van der Waals surface area contributed by atoms with E-state index in [1.165, 1.54) is 19.3 Å². The molecule has 5 aliphatic rings. The molecular weight excluding hydrogens is 406 g/mol. The summed E-state index contributed by atoms with van der Waals surface area (Å²) in [4.78, 5) is 39.9. The smallest absolute Gasteiger partial charge is 0.262 e. The second kappa shape index (κ2) is 8.41. The topological polar surface area (TPSA) is 87.7 Å². The number of anilines is 1. The molecule has 172 valence electrons. The van der Waals surface area contributed by atoms with E-state index in [1.807, 2.05) is 18.2 Å². The maximum absolute atomic E-state index is 13.1. The number of likely N-dealkylation sites (N-methyl/N-ethyl adjacent to an activating group) is 1. The van der Waals surface area contributed by atoms with Crippen LogP contribution < -0.4 is 20.3 Å². The molecule has 1 aromatic rings. The Morgan fingerprint density at radius 1 is 1.06 bits per heavy atom. The second-order valence-electron chi connectivity index (χ2n) is 10.3. The molecule has 4 fully saturated rings. The molecule has 0 spiro atoms. The van der Waals surface area contributed by atoms with Gasteiger partial charge in [-0.05, 0) is 74.8 Å². The van der Waals surface area contributed by atoms with E-state index in [0.29, 0.717) is 30.8 Å². The Balaban J connectivity index is 1.16. The van der Waals surface area contributed by atoms with Crippen molar-refractivity contribution in [3.8, 4) is 5.75 Å². The molecule has 32 heavy (non-hydrogen) atoms. The van der Waals surface area contributed by atoms with Crippen LogP contribution in [0.15, 0.2) is 24.3 Å². The monoisotopic (exact) mass is 439 g/mol. The minimum Gasteiger partial charge on any atom is -0.477 e. The number of carbonyl (C=O) groups excluding carboxylic acids is 3. The van der Waals surface area contributed by atoms with Gasteiger partial charge in [0, 0.05) is 25.4 Å². The number of nitrogens with zero attached hydrogens (tertiary/aromatic N) is 1. The molecule has 0 radical (unpaired) electrons. The van der Waals surface area contributed by atoms with Crippen LogP contribution in [0, 0.1) is 23.2 Å². The first kappa shape index (κ1) is 21.3. The summed E-state index contributed by atoms with van der Waals surface area (Å²) in [7, 11) is 1.56. The Morgan fingerprint density at radius 3 is 2.38 bits per heavy atom. The lowest BCUT2D eigenvalue weighted by Gasteiger charge is -2.55. The predicted octanol–water partition coefficient (Wildman–Crippen LogP) is 2.64. The molecule has 3 amide bonds. The fourth-order valence-electron chi connectivity index (χ4n) is 6.92. The number of nitrogens with one attached hydrogen (secondary N) is 2. The Bertz CT molecular complexity index is 879. The Kier molecular flexibility index (Phi) is 5.59. The third-order valence-corrected chi connectivity index (χ3v) is 7.99. The summed E-state index contributed by atoms with van der Waals surface area (Å²) in [6, 6.07) is 7.29. The highest BCUT2D eigenvalue weighted by Gasteiger charge is 2.54. The molecule has 4 aliphatic carbocycles. The van der Waals surface area contributed by atoms with E-state index >= 15 is 0 Å². The second-order valence-corrected chi connectivity index (χ2v) is 10.3.